The first-order valence-electron chi connectivity index (χ1n) is 6.20. The van der Waals surface area contributed by atoms with Crippen molar-refractivity contribution in [2.45, 2.75) is 6.54 Å². The number of tetrazole rings is 1. The van der Waals surface area contributed by atoms with E-state index in [2.05, 4.69) is 31.5 Å². The summed E-state index contributed by atoms with van der Waals surface area (Å²) in [5.41, 5.74) is 7.69. The largest absolute Gasteiger partial charge is 0.399 e. The van der Waals surface area contributed by atoms with E-state index in [0.717, 1.165) is 10.0 Å². The van der Waals surface area contributed by atoms with Crippen molar-refractivity contribution < 1.29 is 4.39 Å². The van der Waals surface area contributed by atoms with Crippen LogP contribution in [0.2, 0.25) is 0 Å². The number of benzene rings is 2. The average Bonchev–Trinajstić information content (AvgIpc) is 2.92. The maximum absolute atomic E-state index is 13.7. The second-order valence-corrected chi connectivity index (χ2v) is 5.35. The molecule has 0 aliphatic rings. The lowest BCUT2D eigenvalue weighted by Gasteiger charge is -2.08. The SMILES string of the molecule is Nc1ccc(Br)c(-c2nnnn2Cc2ccccc2F)c1. The van der Waals surface area contributed by atoms with Crippen LogP contribution in [0.1, 0.15) is 5.56 Å². The minimum Gasteiger partial charge on any atom is -0.399 e. The highest BCUT2D eigenvalue weighted by molar-refractivity contribution is 9.10. The highest BCUT2D eigenvalue weighted by Gasteiger charge is 2.14. The summed E-state index contributed by atoms with van der Waals surface area (Å²) in [6.07, 6.45) is 0. The van der Waals surface area contributed by atoms with Gasteiger partial charge < -0.3 is 5.73 Å². The van der Waals surface area contributed by atoms with Crippen molar-refractivity contribution in [2.75, 3.05) is 5.73 Å². The van der Waals surface area contributed by atoms with Gasteiger partial charge in [0, 0.05) is 21.3 Å². The maximum atomic E-state index is 13.7. The first kappa shape index (κ1) is 13.7. The molecule has 5 nitrogen and oxygen atoms in total. The number of halogens is 2. The van der Waals surface area contributed by atoms with Crippen molar-refractivity contribution in [1.29, 1.82) is 0 Å². The van der Waals surface area contributed by atoms with Crippen LogP contribution in [0, 0.1) is 5.82 Å². The van der Waals surface area contributed by atoms with Crippen LogP contribution < -0.4 is 5.73 Å². The standard InChI is InChI=1S/C14H11BrFN5/c15-12-6-5-10(17)7-11(12)14-18-19-20-21(14)8-9-3-1-2-4-13(9)16/h1-7H,8,17H2. The highest BCUT2D eigenvalue weighted by Crippen LogP contribution is 2.28. The zero-order chi connectivity index (χ0) is 14.8. The van der Waals surface area contributed by atoms with Crippen LogP contribution in [0.3, 0.4) is 0 Å². The van der Waals surface area contributed by atoms with Gasteiger partial charge in [0.25, 0.3) is 0 Å². The second-order valence-electron chi connectivity index (χ2n) is 4.49. The summed E-state index contributed by atoms with van der Waals surface area (Å²) in [6, 6.07) is 11.9. The van der Waals surface area contributed by atoms with Crippen LogP contribution in [-0.2, 0) is 6.54 Å². The van der Waals surface area contributed by atoms with Gasteiger partial charge in [0.2, 0.25) is 0 Å². The van der Waals surface area contributed by atoms with Gasteiger partial charge in [-0.15, -0.1) is 5.10 Å². The lowest BCUT2D eigenvalue weighted by atomic mass is 10.1. The molecule has 0 aliphatic carbocycles. The Morgan fingerprint density at radius 3 is 2.81 bits per heavy atom. The van der Waals surface area contributed by atoms with Gasteiger partial charge in [0.1, 0.15) is 5.82 Å². The Hall–Kier alpha value is -2.28. The van der Waals surface area contributed by atoms with Crippen molar-refractivity contribution in [3.8, 4) is 11.4 Å². The first-order chi connectivity index (χ1) is 10.1. The lowest BCUT2D eigenvalue weighted by Crippen LogP contribution is -2.06. The summed E-state index contributed by atoms with van der Waals surface area (Å²) < 4.78 is 16.1. The van der Waals surface area contributed by atoms with Crippen molar-refractivity contribution in [3.63, 3.8) is 0 Å². The van der Waals surface area contributed by atoms with Crippen LogP contribution in [-0.4, -0.2) is 20.2 Å². The summed E-state index contributed by atoms with van der Waals surface area (Å²) in [6.45, 7) is 0.246. The van der Waals surface area contributed by atoms with E-state index in [1.165, 1.54) is 10.7 Å². The number of hydrogen-bond acceptors (Lipinski definition) is 4. The van der Waals surface area contributed by atoms with E-state index < -0.39 is 0 Å². The topological polar surface area (TPSA) is 69.6 Å². The number of rotatable bonds is 3. The summed E-state index contributed by atoms with van der Waals surface area (Å²) in [7, 11) is 0. The molecule has 21 heavy (non-hydrogen) atoms. The molecule has 2 aromatic carbocycles. The Balaban J connectivity index is 2.02. The van der Waals surface area contributed by atoms with Crippen LogP contribution in [0.15, 0.2) is 46.9 Å². The third-order valence-electron chi connectivity index (χ3n) is 3.04. The molecular weight excluding hydrogens is 337 g/mol. The van der Waals surface area contributed by atoms with Gasteiger partial charge >= 0.3 is 0 Å². The lowest BCUT2D eigenvalue weighted by molar-refractivity contribution is 0.579. The quantitative estimate of drug-likeness (QED) is 0.739. The average molecular weight is 348 g/mol. The summed E-state index contributed by atoms with van der Waals surface area (Å²) in [4.78, 5) is 0. The van der Waals surface area contributed by atoms with Crippen LogP contribution >= 0.6 is 15.9 Å². The molecule has 0 unspecified atom stereocenters. The number of nitrogens with two attached hydrogens (primary N) is 1. The normalized spacial score (nSPS) is 10.8. The van der Waals surface area contributed by atoms with Gasteiger partial charge in [0.15, 0.2) is 5.82 Å². The van der Waals surface area contributed by atoms with E-state index in [1.807, 2.05) is 6.07 Å². The van der Waals surface area contributed by atoms with E-state index in [0.29, 0.717) is 17.1 Å². The third-order valence-corrected chi connectivity index (χ3v) is 3.73. The maximum Gasteiger partial charge on any atom is 0.183 e. The van der Waals surface area contributed by atoms with Crippen molar-refractivity contribution in [3.05, 3.63) is 58.3 Å². The van der Waals surface area contributed by atoms with E-state index in [1.54, 1.807) is 30.3 Å². The highest BCUT2D eigenvalue weighted by atomic mass is 79.9. The minimum absolute atomic E-state index is 0.246. The van der Waals surface area contributed by atoms with Gasteiger partial charge in [-0.1, -0.05) is 34.1 Å². The minimum atomic E-state index is -0.286. The fourth-order valence-electron chi connectivity index (χ4n) is 2.01. The second kappa shape index (κ2) is 5.61. The fraction of sp³-hybridized carbons (Fsp3) is 0.0714. The molecule has 0 atom stereocenters. The molecule has 7 heteroatoms. The Bertz CT molecular complexity index is 787. The molecule has 0 radical (unpaired) electrons. The van der Waals surface area contributed by atoms with Crippen molar-refractivity contribution in [2.24, 2.45) is 0 Å². The predicted molar refractivity (Wildman–Crippen MR) is 80.9 cm³/mol. The van der Waals surface area contributed by atoms with Crippen LogP contribution in [0.4, 0.5) is 10.1 Å². The molecule has 0 fully saturated rings. The number of nitrogens with zero attached hydrogens (tertiary/aromatic N) is 4. The molecule has 0 bridgehead atoms. The Kier molecular flexibility index (Phi) is 3.66. The molecule has 1 heterocycles. The van der Waals surface area contributed by atoms with E-state index in [-0.39, 0.29) is 12.4 Å². The summed E-state index contributed by atoms with van der Waals surface area (Å²) >= 11 is 3.45. The Morgan fingerprint density at radius 2 is 2.00 bits per heavy atom. The number of nitrogen functional groups attached to an aromatic ring is 1. The van der Waals surface area contributed by atoms with Gasteiger partial charge in [-0.2, -0.15) is 0 Å². The molecule has 0 amide bonds. The zero-order valence-corrected chi connectivity index (χ0v) is 12.5. The zero-order valence-electron chi connectivity index (χ0n) is 10.9. The van der Waals surface area contributed by atoms with E-state index >= 15 is 0 Å². The Morgan fingerprint density at radius 1 is 1.19 bits per heavy atom. The molecule has 0 aliphatic heterocycles. The molecule has 3 rings (SSSR count). The molecule has 1 aromatic heterocycles. The van der Waals surface area contributed by atoms with Gasteiger partial charge in [-0.3, -0.25) is 0 Å². The smallest absolute Gasteiger partial charge is 0.183 e. The van der Waals surface area contributed by atoms with Gasteiger partial charge in [-0.25, -0.2) is 9.07 Å². The van der Waals surface area contributed by atoms with E-state index in [9.17, 15) is 4.39 Å². The molecule has 0 saturated heterocycles. The number of anilines is 1. The number of aromatic nitrogens is 4. The summed E-state index contributed by atoms with van der Waals surface area (Å²) in [5, 5.41) is 11.6. The molecule has 0 saturated carbocycles. The van der Waals surface area contributed by atoms with Crippen molar-refractivity contribution in [1.82, 2.24) is 20.2 Å². The van der Waals surface area contributed by atoms with E-state index in [4.69, 9.17) is 5.73 Å². The number of hydrogen-bond donors (Lipinski definition) is 1. The first-order valence-corrected chi connectivity index (χ1v) is 6.99. The third kappa shape index (κ3) is 2.78. The van der Waals surface area contributed by atoms with Crippen molar-refractivity contribution >= 4 is 21.6 Å². The molecule has 106 valence electrons. The molecule has 2 N–H and O–H groups in total. The Labute approximate surface area is 128 Å². The molecular formula is C14H11BrFN5. The van der Waals surface area contributed by atoms with Crippen LogP contribution in [0.5, 0.6) is 0 Å². The molecule has 3 aromatic rings. The van der Waals surface area contributed by atoms with Gasteiger partial charge in [-0.05, 0) is 34.7 Å². The van der Waals surface area contributed by atoms with Gasteiger partial charge in [0.05, 0.1) is 6.54 Å². The predicted octanol–water partition coefficient (Wildman–Crippen LogP) is 2.87. The molecule has 0 spiro atoms. The monoisotopic (exact) mass is 347 g/mol. The van der Waals surface area contributed by atoms with Crippen LogP contribution in [0.25, 0.3) is 11.4 Å². The fourth-order valence-corrected chi connectivity index (χ4v) is 2.43. The summed E-state index contributed by atoms with van der Waals surface area (Å²) in [5.74, 6) is 0.239.